The minimum absolute atomic E-state index is 0.296. The number of carbonyl (C=O) groups excluding carboxylic acids is 1. The molecular weight excluding hydrogens is 378 g/mol. The van der Waals surface area contributed by atoms with Crippen molar-refractivity contribution in [2.75, 3.05) is 32.7 Å². The SMILES string of the molecule is O=C(CCCc1nc2ccccc2s1)N1CC[NH+](C/C=C/c2ccccc2)CC1. The summed E-state index contributed by atoms with van der Waals surface area (Å²) in [6.07, 6.45) is 6.83. The summed E-state index contributed by atoms with van der Waals surface area (Å²) < 4.78 is 1.23. The molecule has 0 bridgehead atoms. The van der Waals surface area contributed by atoms with E-state index in [4.69, 9.17) is 0 Å². The lowest BCUT2D eigenvalue weighted by Gasteiger charge is -2.31. The largest absolute Gasteiger partial charge is 0.331 e. The van der Waals surface area contributed by atoms with Crippen molar-refractivity contribution >= 4 is 33.5 Å². The zero-order valence-corrected chi connectivity index (χ0v) is 17.5. The second-order valence-electron chi connectivity index (χ2n) is 7.58. The maximum Gasteiger partial charge on any atom is 0.222 e. The molecule has 1 aromatic heterocycles. The van der Waals surface area contributed by atoms with Crippen LogP contribution in [0.5, 0.6) is 0 Å². The summed E-state index contributed by atoms with van der Waals surface area (Å²) in [5.41, 5.74) is 2.31. The molecular formula is C24H28N3OS+. The number of hydrogen-bond donors (Lipinski definition) is 1. The van der Waals surface area contributed by atoms with Gasteiger partial charge >= 0.3 is 0 Å². The predicted octanol–water partition coefficient (Wildman–Crippen LogP) is 3.06. The molecule has 4 nitrogen and oxygen atoms in total. The average molecular weight is 407 g/mol. The van der Waals surface area contributed by atoms with Gasteiger partial charge in [-0.25, -0.2) is 4.98 Å². The van der Waals surface area contributed by atoms with Gasteiger partial charge in [-0.1, -0.05) is 48.5 Å². The summed E-state index contributed by atoms with van der Waals surface area (Å²) in [5.74, 6) is 0.296. The molecule has 1 aliphatic rings. The van der Waals surface area contributed by atoms with Crippen LogP contribution < -0.4 is 4.90 Å². The summed E-state index contributed by atoms with van der Waals surface area (Å²) in [5, 5.41) is 1.14. The molecule has 1 aliphatic heterocycles. The number of nitrogens with one attached hydrogen (secondary N) is 1. The number of piperazine rings is 1. The number of thiazole rings is 1. The third-order valence-corrected chi connectivity index (χ3v) is 6.56. The van der Waals surface area contributed by atoms with Gasteiger partial charge in [-0.05, 0) is 36.6 Å². The summed E-state index contributed by atoms with van der Waals surface area (Å²) >= 11 is 1.74. The number of fused-ring (bicyclic) bond motifs is 1. The highest BCUT2D eigenvalue weighted by molar-refractivity contribution is 7.18. The smallest absolute Gasteiger partial charge is 0.222 e. The van der Waals surface area contributed by atoms with Gasteiger partial charge in [-0.15, -0.1) is 11.3 Å². The van der Waals surface area contributed by atoms with Crippen molar-refractivity contribution in [2.45, 2.75) is 19.3 Å². The number of nitrogens with zero attached hydrogens (tertiary/aromatic N) is 2. The highest BCUT2D eigenvalue weighted by Crippen LogP contribution is 2.22. The molecule has 0 atom stereocenters. The molecule has 2 aromatic carbocycles. The van der Waals surface area contributed by atoms with Gasteiger partial charge in [0.25, 0.3) is 0 Å². The van der Waals surface area contributed by atoms with E-state index in [0.29, 0.717) is 12.3 Å². The molecule has 0 radical (unpaired) electrons. The van der Waals surface area contributed by atoms with Crippen LogP contribution in [0.3, 0.4) is 0 Å². The number of carbonyl (C=O) groups is 1. The number of rotatable bonds is 7. The van der Waals surface area contributed by atoms with E-state index in [-0.39, 0.29) is 0 Å². The van der Waals surface area contributed by atoms with Gasteiger partial charge in [0.15, 0.2) is 0 Å². The van der Waals surface area contributed by atoms with E-state index < -0.39 is 0 Å². The Bertz CT molecular complexity index is 925. The predicted molar refractivity (Wildman–Crippen MR) is 120 cm³/mol. The Hall–Kier alpha value is -2.50. The third-order valence-electron chi connectivity index (χ3n) is 5.46. The van der Waals surface area contributed by atoms with E-state index in [1.54, 1.807) is 16.2 Å². The molecule has 5 heteroatoms. The van der Waals surface area contributed by atoms with Gasteiger partial charge in [0.05, 0.1) is 47.9 Å². The second-order valence-corrected chi connectivity index (χ2v) is 8.69. The quantitative estimate of drug-likeness (QED) is 0.655. The average Bonchev–Trinajstić information content (AvgIpc) is 3.18. The Morgan fingerprint density at radius 1 is 1.07 bits per heavy atom. The van der Waals surface area contributed by atoms with Crippen LogP contribution in [0, 0.1) is 0 Å². The van der Waals surface area contributed by atoms with E-state index in [0.717, 1.165) is 56.1 Å². The first-order chi connectivity index (χ1) is 14.3. The molecule has 3 aromatic rings. The molecule has 0 spiro atoms. The standard InChI is InChI=1S/C24H27N3OS/c28-24(14-6-13-23-25-21-11-4-5-12-22(21)29-23)27-18-16-26(17-19-27)15-7-10-20-8-2-1-3-9-20/h1-5,7-12H,6,13-19H2/p+1/b10-7+. The first kappa shape index (κ1) is 19.8. The van der Waals surface area contributed by atoms with Gasteiger partial charge in [0.2, 0.25) is 5.91 Å². The van der Waals surface area contributed by atoms with E-state index in [1.807, 2.05) is 23.1 Å². The van der Waals surface area contributed by atoms with Crippen LogP contribution in [0.4, 0.5) is 0 Å². The van der Waals surface area contributed by atoms with Crippen LogP contribution in [0.1, 0.15) is 23.4 Å². The third kappa shape index (κ3) is 5.52. The molecule has 0 unspecified atom stereocenters. The molecule has 4 rings (SSSR count). The highest BCUT2D eigenvalue weighted by atomic mass is 32.1. The number of aromatic nitrogens is 1. The van der Waals surface area contributed by atoms with Gasteiger partial charge in [-0.2, -0.15) is 0 Å². The molecule has 29 heavy (non-hydrogen) atoms. The van der Waals surface area contributed by atoms with Crippen molar-refractivity contribution in [2.24, 2.45) is 0 Å². The molecule has 1 fully saturated rings. The zero-order valence-electron chi connectivity index (χ0n) is 16.7. The Balaban J connectivity index is 1.16. The highest BCUT2D eigenvalue weighted by Gasteiger charge is 2.22. The Morgan fingerprint density at radius 2 is 1.83 bits per heavy atom. The van der Waals surface area contributed by atoms with Crippen molar-refractivity contribution in [3.05, 3.63) is 71.2 Å². The topological polar surface area (TPSA) is 37.6 Å². The fraction of sp³-hybridized carbons (Fsp3) is 0.333. The number of amides is 1. The maximum atomic E-state index is 12.6. The summed E-state index contributed by atoms with van der Waals surface area (Å²) in [6.45, 7) is 4.82. The molecule has 1 N–H and O–H groups in total. The van der Waals surface area contributed by atoms with E-state index in [1.165, 1.54) is 10.3 Å². The van der Waals surface area contributed by atoms with Crippen LogP contribution in [-0.2, 0) is 11.2 Å². The van der Waals surface area contributed by atoms with Crippen LogP contribution in [0.25, 0.3) is 16.3 Å². The number of aryl methyl sites for hydroxylation is 1. The number of hydrogen-bond acceptors (Lipinski definition) is 3. The number of quaternary nitrogens is 1. The van der Waals surface area contributed by atoms with E-state index in [9.17, 15) is 4.79 Å². The molecule has 0 aliphatic carbocycles. The van der Waals surface area contributed by atoms with Crippen molar-refractivity contribution in [1.82, 2.24) is 9.88 Å². The van der Waals surface area contributed by atoms with Crippen LogP contribution in [0.2, 0.25) is 0 Å². The van der Waals surface area contributed by atoms with Crippen LogP contribution >= 0.6 is 11.3 Å². The first-order valence-corrected chi connectivity index (χ1v) is 11.3. The monoisotopic (exact) mass is 406 g/mol. The fourth-order valence-electron chi connectivity index (χ4n) is 3.78. The molecule has 1 saturated heterocycles. The Labute approximate surface area is 176 Å². The van der Waals surface area contributed by atoms with Gasteiger partial charge in [0, 0.05) is 6.42 Å². The van der Waals surface area contributed by atoms with Crippen molar-refractivity contribution in [1.29, 1.82) is 0 Å². The normalized spacial score (nSPS) is 15.4. The lowest BCUT2D eigenvalue weighted by molar-refractivity contribution is -0.898. The molecule has 2 heterocycles. The first-order valence-electron chi connectivity index (χ1n) is 10.5. The maximum absolute atomic E-state index is 12.6. The van der Waals surface area contributed by atoms with Crippen LogP contribution in [0.15, 0.2) is 60.7 Å². The van der Waals surface area contributed by atoms with Gasteiger partial charge in [0.1, 0.15) is 0 Å². The molecule has 1 amide bonds. The zero-order chi connectivity index (χ0) is 19.9. The summed E-state index contributed by atoms with van der Waals surface area (Å²) in [4.78, 5) is 20.8. The Morgan fingerprint density at radius 3 is 2.62 bits per heavy atom. The second kappa shape index (κ2) is 9.81. The van der Waals surface area contributed by atoms with E-state index >= 15 is 0 Å². The minimum Gasteiger partial charge on any atom is -0.331 e. The summed E-state index contributed by atoms with van der Waals surface area (Å²) in [7, 11) is 0. The van der Waals surface area contributed by atoms with Gasteiger partial charge < -0.3 is 9.80 Å². The van der Waals surface area contributed by atoms with Crippen molar-refractivity contribution < 1.29 is 9.69 Å². The fourth-order valence-corrected chi connectivity index (χ4v) is 4.79. The van der Waals surface area contributed by atoms with Crippen LogP contribution in [-0.4, -0.2) is 48.5 Å². The number of para-hydroxylation sites is 1. The van der Waals surface area contributed by atoms with Gasteiger partial charge in [-0.3, -0.25) is 4.79 Å². The van der Waals surface area contributed by atoms with Crippen molar-refractivity contribution in [3.8, 4) is 0 Å². The summed E-state index contributed by atoms with van der Waals surface area (Å²) in [6, 6.07) is 18.6. The minimum atomic E-state index is 0.296. The van der Waals surface area contributed by atoms with Crippen molar-refractivity contribution in [3.63, 3.8) is 0 Å². The lowest BCUT2D eigenvalue weighted by Crippen LogP contribution is -3.14. The molecule has 150 valence electrons. The van der Waals surface area contributed by atoms with E-state index in [2.05, 4.69) is 53.5 Å². The number of benzene rings is 2. The lowest BCUT2D eigenvalue weighted by atomic mass is 10.2. The molecule has 0 saturated carbocycles. The Kier molecular flexibility index (Phi) is 6.70.